The molecule has 0 atom stereocenters. The summed E-state index contributed by atoms with van der Waals surface area (Å²) in [6.07, 6.45) is 5.45. The van der Waals surface area contributed by atoms with Crippen molar-refractivity contribution in [2.45, 2.75) is 6.42 Å². The van der Waals surface area contributed by atoms with Crippen molar-refractivity contribution in [3.8, 4) is 0 Å². The van der Waals surface area contributed by atoms with Gasteiger partial charge in [-0.1, -0.05) is 6.58 Å². The molecule has 0 bridgehead atoms. The molecule has 1 aromatic rings. The van der Waals surface area contributed by atoms with E-state index in [2.05, 4.69) is 33.5 Å². The molecule has 2 heterocycles. The molecular formula is C15H20N6. The Kier molecular flexibility index (Phi) is 4.84. The van der Waals surface area contributed by atoms with E-state index in [9.17, 15) is 0 Å². The van der Waals surface area contributed by atoms with Crippen LogP contribution in [0.15, 0.2) is 35.6 Å². The third kappa shape index (κ3) is 3.17. The lowest BCUT2D eigenvalue weighted by Gasteiger charge is -2.31. The molecule has 0 saturated carbocycles. The SMILES string of the molecule is C=N/C=C(\C=N)C(=C)c1c(N2CCCNC2)ccnc1N. The largest absolute Gasteiger partial charge is 0.383 e. The second kappa shape index (κ2) is 6.81. The second-order valence-corrected chi connectivity index (χ2v) is 4.76. The first kappa shape index (κ1) is 14.9. The first-order valence-corrected chi connectivity index (χ1v) is 6.75. The van der Waals surface area contributed by atoms with Crippen LogP contribution in [0.25, 0.3) is 5.57 Å². The maximum atomic E-state index is 7.50. The normalized spacial score (nSPS) is 15.6. The molecule has 0 amide bonds. The van der Waals surface area contributed by atoms with E-state index in [1.807, 2.05) is 6.07 Å². The topological polar surface area (TPSA) is 90.4 Å². The van der Waals surface area contributed by atoms with Gasteiger partial charge in [-0.25, -0.2) is 4.98 Å². The standard InChI is InChI=1S/C15H20N6/c1-11(12(8-16)9-18-2)14-13(4-6-20-15(14)17)21-7-3-5-19-10-21/h4,6,8-9,16,19H,1-3,5,7,10H2,(H2,17,20)/b12-9+,16-8?. The number of rotatable bonds is 5. The molecule has 0 aliphatic carbocycles. The first-order chi connectivity index (χ1) is 10.2. The lowest BCUT2D eigenvalue weighted by atomic mass is 9.99. The van der Waals surface area contributed by atoms with Gasteiger partial charge in [-0.05, 0) is 31.3 Å². The monoisotopic (exact) mass is 284 g/mol. The summed E-state index contributed by atoms with van der Waals surface area (Å²) in [5.74, 6) is 0.403. The van der Waals surface area contributed by atoms with Crippen molar-refractivity contribution in [1.82, 2.24) is 10.3 Å². The number of pyridine rings is 1. The van der Waals surface area contributed by atoms with Gasteiger partial charge in [0, 0.05) is 36.3 Å². The lowest BCUT2D eigenvalue weighted by molar-refractivity contribution is 0.552. The molecule has 1 aromatic heterocycles. The molecule has 1 aliphatic rings. The van der Waals surface area contributed by atoms with Crippen molar-refractivity contribution in [3.05, 3.63) is 36.2 Å². The average molecular weight is 284 g/mol. The van der Waals surface area contributed by atoms with Gasteiger partial charge < -0.3 is 16.0 Å². The van der Waals surface area contributed by atoms with Gasteiger partial charge in [-0.2, -0.15) is 0 Å². The molecule has 0 spiro atoms. The molecule has 1 aliphatic heterocycles. The van der Waals surface area contributed by atoms with Crippen LogP contribution in [0.3, 0.4) is 0 Å². The van der Waals surface area contributed by atoms with E-state index < -0.39 is 0 Å². The number of hydrogen-bond donors (Lipinski definition) is 3. The fourth-order valence-corrected chi connectivity index (χ4v) is 2.38. The zero-order chi connectivity index (χ0) is 15.2. The van der Waals surface area contributed by atoms with Crippen molar-refractivity contribution in [2.24, 2.45) is 4.99 Å². The number of nitrogens with one attached hydrogen (secondary N) is 2. The second-order valence-electron chi connectivity index (χ2n) is 4.76. The summed E-state index contributed by atoms with van der Waals surface area (Å²) < 4.78 is 0. The predicted octanol–water partition coefficient (Wildman–Crippen LogP) is 1.67. The number of allylic oxidation sites excluding steroid dienone is 2. The van der Waals surface area contributed by atoms with E-state index in [0.29, 0.717) is 17.0 Å². The summed E-state index contributed by atoms with van der Waals surface area (Å²) in [6.45, 7) is 10.2. The Morgan fingerprint density at radius 2 is 2.38 bits per heavy atom. The van der Waals surface area contributed by atoms with Crippen LogP contribution in [0.1, 0.15) is 12.0 Å². The number of anilines is 2. The van der Waals surface area contributed by atoms with Gasteiger partial charge in [-0.3, -0.25) is 10.3 Å². The molecule has 1 fully saturated rings. The highest BCUT2D eigenvalue weighted by molar-refractivity contribution is 6.03. The molecule has 6 nitrogen and oxygen atoms in total. The van der Waals surface area contributed by atoms with Crippen molar-refractivity contribution in [3.63, 3.8) is 0 Å². The predicted molar refractivity (Wildman–Crippen MR) is 88.9 cm³/mol. The van der Waals surface area contributed by atoms with Crippen molar-refractivity contribution in [1.29, 1.82) is 5.41 Å². The maximum Gasteiger partial charge on any atom is 0.133 e. The molecule has 110 valence electrons. The Bertz CT molecular complexity index is 584. The summed E-state index contributed by atoms with van der Waals surface area (Å²) >= 11 is 0. The van der Waals surface area contributed by atoms with E-state index in [0.717, 1.165) is 37.4 Å². The fourth-order valence-electron chi connectivity index (χ4n) is 2.38. The highest BCUT2D eigenvalue weighted by Crippen LogP contribution is 2.33. The number of aromatic nitrogens is 1. The lowest BCUT2D eigenvalue weighted by Crippen LogP contribution is -2.42. The minimum absolute atomic E-state index is 0.403. The van der Waals surface area contributed by atoms with Crippen LogP contribution in [0.4, 0.5) is 11.5 Å². The molecule has 0 unspecified atom stereocenters. The number of aliphatic imine (C=N–C) groups is 1. The minimum Gasteiger partial charge on any atom is -0.383 e. The van der Waals surface area contributed by atoms with E-state index in [4.69, 9.17) is 11.1 Å². The highest BCUT2D eigenvalue weighted by atomic mass is 15.2. The van der Waals surface area contributed by atoms with Crippen molar-refractivity contribution >= 4 is 30.0 Å². The van der Waals surface area contributed by atoms with Crippen LogP contribution in [0.5, 0.6) is 0 Å². The van der Waals surface area contributed by atoms with E-state index in [1.54, 1.807) is 6.20 Å². The zero-order valence-corrected chi connectivity index (χ0v) is 12.0. The van der Waals surface area contributed by atoms with Crippen LogP contribution in [0.2, 0.25) is 0 Å². The number of hydrogen-bond acceptors (Lipinski definition) is 6. The van der Waals surface area contributed by atoms with Crippen molar-refractivity contribution in [2.75, 3.05) is 30.4 Å². The summed E-state index contributed by atoms with van der Waals surface area (Å²) in [5.41, 5.74) is 8.96. The number of nitrogens with two attached hydrogens (primary N) is 1. The Labute approximate surface area is 124 Å². The van der Waals surface area contributed by atoms with Crippen LogP contribution in [-0.2, 0) is 0 Å². The molecule has 6 heteroatoms. The molecule has 0 aromatic carbocycles. The Morgan fingerprint density at radius 3 is 3.00 bits per heavy atom. The summed E-state index contributed by atoms with van der Waals surface area (Å²) in [6, 6.07) is 1.92. The van der Waals surface area contributed by atoms with Gasteiger partial charge in [-0.15, -0.1) is 0 Å². The summed E-state index contributed by atoms with van der Waals surface area (Å²) in [4.78, 5) is 10.1. The molecule has 1 saturated heterocycles. The van der Waals surface area contributed by atoms with E-state index >= 15 is 0 Å². The van der Waals surface area contributed by atoms with Crippen LogP contribution in [-0.4, -0.2) is 37.7 Å². The fraction of sp³-hybridized carbons (Fsp3) is 0.267. The first-order valence-electron chi connectivity index (χ1n) is 6.75. The summed E-state index contributed by atoms with van der Waals surface area (Å²) in [7, 11) is 0. The van der Waals surface area contributed by atoms with E-state index in [-0.39, 0.29) is 0 Å². The highest BCUT2D eigenvalue weighted by Gasteiger charge is 2.19. The zero-order valence-electron chi connectivity index (χ0n) is 12.0. The maximum absolute atomic E-state index is 7.50. The third-order valence-corrected chi connectivity index (χ3v) is 3.42. The number of nitrogen functional groups attached to an aromatic ring is 1. The van der Waals surface area contributed by atoms with Crippen molar-refractivity contribution < 1.29 is 0 Å². The van der Waals surface area contributed by atoms with E-state index in [1.165, 1.54) is 12.4 Å². The van der Waals surface area contributed by atoms with Gasteiger partial charge in [0.2, 0.25) is 0 Å². The minimum atomic E-state index is 0.403. The molecule has 21 heavy (non-hydrogen) atoms. The van der Waals surface area contributed by atoms with Gasteiger partial charge in [0.25, 0.3) is 0 Å². The molecule has 2 rings (SSSR count). The van der Waals surface area contributed by atoms with Gasteiger partial charge in [0.05, 0.1) is 12.4 Å². The molecule has 0 radical (unpaired) electrons. The molecule has 4 N–H and O–H groups in total. The van der Waals surface area contributed by atoms with Gasteiger partial charge in [0.15, 0.2) is 0 Å². The number of nitrogens with zero attached hydrogens (tertiary/aromatic N) is 3. The summed E-state index contributed by atoms with van der Waals surface area (Å²) in [5, 5.41) is 10.8. The van der Waals surface area contributed by atoms with Gasteiger partial charge in [0.1, 0.15) is 5.82 Å². The Morgan fingerprint density at radius 1 is 1.57 bits per heavy atom. The van der Waals surface area contributed by atoms with Crippen LogP contribution >= 0.6 is 0 Å². The smallest absolute Gasteiger partial charge is 0.133 e. The average Bonchev–Trinajstić information content (AvgIpc) is 2.52. The molecular weight excluding hydrogens is 264 g/mol. The van der Waals surface area contributed by atoms with Gasteiger partial charge >= 0.3 is 0 Å². The Balaban J connectivity index is 2.46. The quantitative estimate of drug-likeness (QED) is 0.566. The van der Waals surface area contributed by atoms with Crippen LogP contribution in [0, 0.1) is 5.41 Å². The van der Waals surface area contributed by atoms with Crippen LogP contribution < -0.4 is 16.0 Å². The third-order valence-electron chi connectivity index (χ3n) is 3.42. The Hall–Kier alpha value is -2.47.